The molecule has 6 heteroatoms. The molecular formula is C25H25NO5. The highest BCUT2D eigenvalue weighted by Crippen LogP contribution is 2.28. The first-order chi connectivity index (χ1) is 15.2. The van der Waals surface area contributed by atoms with Crippen LogP contribution < -0.4 is 24.3 Å². The van der Waals surface area contributed by atoms with Crippen molar-refractivity contribution in [3.63, 3.8) is 0 Å². The van der Waals surface area contributed by atoms with Crippen molar-refractivity contribution in [2.75, 3.05) is 32.8 Å². The van der Waals surface area contributed by atoms with Crippen LogP contribution in [0.15, 0.2) is 78.9 Å². The number of amides is 1. The summed E-state index contributed by atoms with van der Waals surface area (Å²) in [6, 6.07) is 22.2. The van der Waals surface area contributed by atoms with Crippen LogP contribution in [0, 0.1) is 0 Å². The van der Waals surface area contributed by atoms with Gasteiger partial charge in [0.05, 0.1) is 19.9 Å². The first-order valence-corrected chi connectivity index (χ1v) is 9.80. The summed E-state index contributed by atoms with van der Waals surface area (Å²) in [5, 5.41) is 2.84. The van der Waals surface area contributed by atoms with Gasteiger partial charge in [0, 0.05) is 6.08 Å². The van der Waals surface area contributed by atoms with Crippen LogP contribution >= 0.6 is 0 Å². The maximum atomic E-state index is 12.4. The number of rotatable bonds is 10. The van der Waals surface area contributed by atoms with Crippen LogP contribution in [-0.4, -0.2) is 33.3 Å². The van der Waals surface area contributed by atoms with Crippen molar-refractivity contribution < 1.29 is 23.7 Å². The summed E-state index contributed by atoms with van der Waals surface area (Å²) in [5.74, 6) is 2.32. The molecular weight excluding hydrogens is 394 g/mol. The molecule has 31 heavy (non-hydrogen) atoms. The van der Waals surface area contributed by atoms with Crippen LogP contribution in [-0.2, 0) is 4.79 Å². The second-order valence-electron chi connectivity index (χ2n) is 6.44. The Balaban J connectivity index is 1.56. The van der Waals surface area contributed by atoms with E-state index >= 15 is 0 Å². The van der Waals surface area contributed by atoms with Gasteiger partial charge in [0.2, 0.25) is 5.91 Å². The molecule has 0 bridgehead atoms. The lowest BCUT2D eigenvalue weighted by Crippen LogP contribution is -2.12. The predicted molar refractivity (Wildman–Crippen MR) is 121 cm³/mol. The summed E-state index contributed by atoms with van der Waals surface area (Å²) < 4.78 is 21.9. The minimum absolute atomic E-state index is 0.272. The number of carbonyl (C=O) groups excluding carboxylic acids is 1. The van der Waals surface area contributed by atoms with Gasteiger partial charge in [-0.1, -0.05) is 36.4 Å². The third-order valence-corrected chi connectivity index (χ3v) is 4.33. The summed E-state index contributed by atoms with van der Waals surface area (Å²) in [5.41, 5.74) is 1.40. The van der Waals surface area contributed by atoms with Gasteiger partial charge in [-0.2, -0.15) is 0 Å². The number of ether oxygens (including phenoxy) is 4. The minimum Gasteiger partial charge on any atom is -0.493 e. The lowest BCUT2D eigenvalue weighted by Gasteiger charge is -2.12. The number of methoxy groups -OCH3 is 2. The molecule has 3 rings (SSSR count). The van der Waals surface area contributed by atoms with Crippen molar-refractivity contribution in [3.8, 4) is 23.0 Å². The Morgan fingerprint density at radius 3 is 2.29 bits per heavy atom. The van der Waals surface area contributed by atoms with Crippen molar-refractivity contribution in [2.24, 2.45) is 0 Å². The van der Waals surface area contributed by atoms with E-state index < -0.39 is 0 Å². The average Bonchev–Trinajstić information content (AvgIpc) is 2.82. The van der Waals surface area contributed by atoms with E-state index in [0.29, 0.717) is 36.1 Å². The second kappa shape index (κ2) is 11.3. The van der Waals surface area contributed by atoms with Crippen molar-refractivity contribution in [2.45, 2.75) is 0 Å². The molecule has 1 N–H and O–H groups in total. The molecule has 0 aliphatic carbocycles. The number of anilines is 1. The highest BCUT2D eigenvalue weighted by atomic mass is 16.5. The molecule has 0 aromatic heterocycles. The van der Waals surface area contributed by atoms with Crippen molar-refractivity contribution >= 4 is 17.7 Å². The van der Waals surface area contributed by atoms with Gasteiger partial charge < -0.3 is 24.3 Å². The summed E-state index contributed by atoms with van der Waals surface area (Å²) in [4.78, 5) is 12.4. The highest BCUT2D eigenvalue weighted by molar-refractivity contribution is 6.02. The van der Waals surface area contributed by atoms with Crippen LogP contribution in [0.5, 0.6) is 23.0 Å². The van der Waals surface area contributed by atoms with Crippen molar-refractivity contribution in [3.05, 3.63) is 84.4 Å². The van der Waals surface area contributed by atoms with Gasteiger partial charge in [0.15, 0.2) is 11.5 Å². The third kappa shape index (κ3) is 6.54. The lowest BCUT2D eigenvalue weighted by molar-refractivity contribution is -0.111. The number of hydrogen-bond acceptors (Lipinski definition) is 5. The summed E-state index contributed by atoms with van der Waals surface area (Å²) in [7, 11) is 3.15. The fraction of sp³-hybridized carbons (Fsp3) is 0.160. The molecule has 0 aliphatic rings. The minimum atomic E-state index is -0.272. The Labute approximate surface area is 182 Å². The number of para-hydroxylation sites is 3. The fourth-order valence-corrected chi connectivity index (χ4v) is 2.83. The van der Waals surface area contributed by atoms with Crippen LogP contribution in [0.3, 0.4) is 0 Å². The molecule has 0 saturated carbocycles. The second-order valence-corrected chi connectivity index (χ2v) is 6.44. The van der Waals surface area contributed by atoms with Crippen LogP contribution in [0.4, 0.5) is 5.69 Å². The largest absolute Gasteiger partial charge is 0.493 e. The number of hydrogen-bond donors (Lipinski definition) is 1. The molecule has 0 fully saturated rings. The SMILES string of the molecule is COc1ccc(/C=C/C(=O)Nc2ccccc2OCCOc2ccccc2)cc1OC. The van der Waals surface area contributed by atoms with Crippen molar-refractivity contribution in [1.82, 2.24) is 0 Å². The van der Waals surface area contributed by atoms with Crippen LogP contribution in [0.25, 0.3) is 6.08 Å². The van der Waals surface area contributed by atoms with Gasteiger partial charge >= 0.3 is 0 Å². The zero-order valence-electron chi connectivity index (χ0n) is 17.5. The van der Waals surface area contributed by atoms with E-state index in [4.69, 9.17) is 18.9 Å². The van der Waals surface area contributed by atoms with E-state index in [1.54, 1.807) is 44.6 Å². The molecule has 0 unspecified atom stereocenters. The smallest absolute Gasteiger partial charge is 0.248 e. The quantitative estimate of drug-likeness (QED) is 0.377. The predicted octanol–water partition coefficient (Wildman–Crippen LogP) is 4.81. The van der Waals surface area contributed by atoms with Gasteiger partial charge in [-0.15, -0.1) is 0 Å². The van der Waals surface area contributed by atoms with Gasteiger partial charge in [0.25, 0.3) is 0 Å². The van der Waals surface area contributed by atoms with Gasteiger partial charge in [-0.3, -0.25) is 4.79 Å². The Kier molecular flexibility index (Phi) is 7.94. The number of nitrogens with one attached hydrogen (secondary N) is 1. The van der Waals surface area contributed by atoms with E-state index in [-0.39, 0.29) is 5.91 Å². The van der Waals surface area contributed by atoms with E-state index in [0.717, 1.165) is 11.3 Å². The number of benzene rings is 3. The normalized spacial score (nSPS) is 10.5. The number of carbonyl (C=O) groups is 1. The zero-order valence-corrected chi connectivity index (χ0v) is 17.5. The van der Waals surface area contributed by atoms with E-state index in [1.807, 2.05) is 48.5 Å². The maximum Gasteiger partial charge on any atom is 0.248 e. The Morgan fingerprint density at radius 1 is 0.806 bits per heavy atom. The van der Waals surface area contributed by atoms with Gasteiger partial charge in [-0.25, -0.2) is 0 Å². The molecule has 0 radical (unpaired) electrons. The van der Waals surface area contributed by atoms with E-state index in [9.17, 15) is 4.79 Å². The molecule has 6 nitrogen and oxygen atoms in total. The summed E-state index contributed by atoms with van der Waals surface area (Å²) >= 11 is 0. The third-order valence-electron chi connectivity index (χ3n) is 4.33. The first kappa shape index (κ1) is 21.8. The molecule has 0 heterocycles. The molecule has 0 spiro atoms. The topological polar surface area (TPSA) is 66.0 Å². The van der Waals surface area contributed by atoms with Crippen molar-refractivity contribution in [1.29, 1.82) is 0 Å². The van der Waals surface area contributed by atoms with Gasteiger partial charge in [0.1, 0.15) is 24.7 Å². The molecule has 3 aromatic carbocycles. The fourth-order valence-electron chi connectivity index (χ4n) is 2.83. The lowest BCUT2D eigenvalue weighted by atomic mass is 10.2. The standard InChI is InChI=1S/C25H25NO5/c1-28-23-14-12-19(18-24(23)29-2)13-15-25(27)26-21-10-6-7-11-22(21)31-17-16-30-20-8-4-3-5-9-20/h3-15,18H,16-17H2,1-2H3,(H,26,27)/b15-13+. The molecule has 0 aliphatic heterocycles. The van der Waals surface area contributed by atoms with Crippen LogP contribution in [0.1, 0.15) is 5.56 Å². The molecule has 0 atom stereocenters. The van der Waals surface area contributed by atoms with E-state index in [2.05, 4.69) is 5.32 Å². The van der Waals surface area contributed by atoms with Gasteiger partial charge in [-0.05, 0) is 48.0 Å². The average molecular weight is 419 g/mol. The zero-order chi connectivity index (χ0) is 21.9. The summed E-state index contributed by atoms with van der Waals surface area (Å²) in [6.45, 7) is 0.745. The molecule has 3 aromatic rings. The monoisotopic (exact) mass is 419 g/mol. The molecule has 160 valence electrons. The highest BCUT2D eigenvalue weighted by Gasteiger charge is 2.07. The Bertz CT molecular complexity index is 1020. The molecule has 0 saturated heterocycles. The molecule has 1 amide bonds. The first-order valence-electron chi connectivity index (χ1n) is 9.80. The van der Waals surface area contributed by atoms with Crippen LogP contribution in [0.2, 0.25) is 0 Å². The maximum absolute atomic E-state index is 12.4. The summed E-state index contributed by atoms with van der Waals surface area (Å²) in [6.07, 6.45) is 3.16. The Morgan fingerprint density at radius 2 is 1.52 bits per heavy atom. The Hall–Kier alpha value is -3.93. The van der Waals surface area contributed by atoms with E-state index in [1.165, 1.54) is 6.08 Å².